The lowest BCUT2D eigenvalue weighted by atomic mass is 10.2. The molecule has 0 spiro atoms. The number of carbonyl (C=O) groups excluding carboxylic acids is 2. The van der Waals surface area contributed by atoms with Gasteiger partial charge in [-0.1, -0.05) is 23.7 Å². The van der Waals surface area contributed by atoms with Gasteiger partial charge in [0.1, 0.15) is 12.4 Å². The number of carbonyl (C=O) groups is 2. The van der Waals surface area contributed by atoms with Crippen molar-refractivity contribution in [2.24, 2.45) is 0 Å². The Balaban J connectivity index is 1.62. The monoisotopic (exact) mass is 389 g/mol. The SMILES string of the molecule is CC(=O)N(CC(=O)N1CCN(c2ccc(F)cc2)CC1)c1ccccc1Cl. The maximum absolute atomic E-state index is 13.1. The van der Waals surface area contributed by atoms with Crippen molar-refractivity contribution in [1.29, 1.82) is 0 Å². The zero-order valence-electron chi connectivity index (χ0n) is 15.1. The lowest BCUT2D eigenvalue weighted by Gasteiger charge is -2.37. The van der Waals surface area contributed by atoms with Crippen molar-refractivity contribution in [3.63, 3.8) is 0 Å². The molecule has 0 aliphatic carbocycles. The van der Waals surface area contributed by atoms with Gasteiger partial charge in [-0.05, 0) is 36.4 Å². The zero-order chi connectivity index (χ0) is 19.4. The molecule has 0 aromatic heterocycles. The molecule has 0 N–H and O–H groups in total. The van der Waals surface area contributed by atoms with Crippen molar-refractivity contribution in [1.82, 2.24) is 4.90 Å². The summed E-state index contributed by atoms with van der Waals surface area (Å²) in [6.45, 7) is 3.78. The molecule has 0 atom stereocenters. The molecule has 1 fully saturated rings. The van der Waals surface area contributed by atoms with E-state index in [9.17, 15) is 14.0 Å². The average molecular weight is 390 g/mol. The number of benzene rings is 2. The minimum Gasteiger partial charge on any atom is -0.368 e. The van der Waals surface area contributed by atoms with Gasteiger partial charge in [-0.15, -0.1) is 0 Å². The van der Waals surface area contributed by atoms with Crippen molar-refractivity contribution in [2.45, 2.75) is 6.92 Å². The highest BCUT2D eigenvalue weighted by Gasteiger charge is 2.25. The predicted molar refractivity (Wildman–Crippen MR) is 105 cm³/mol. The van der Waals surface area contributed by atoms with Crippen LogP contribution >= 0.6 is 11.6 Å². The number of nitrogens with zero attached hydrogens (tertiary/aromatic N) is 3. The first-order valence-electron chi connectivity index (χ1n) is 8.76. The fraction of sp³-hybridized carbons (Fsp3) is 0.300. The van der Waals surface area contributed by atoms with E-state index in [4.69, 9.17) is 11.6 Å². The quantitative estimate of drug-likeness (QED) is 0.806. The number of hydrogen-bond acceptors (Lipinski definition) is 3. The third kappa shape index (κ3) is 4.57. The molecule has 0 bridgehead atoms. The summed E-state index contributed by atoms with van der Waals surface area (Å²) in [5.74, 6) is -0.623. The summed E-state index contributed by atoms with van der Waals surface area (Å²) < 4.78 is 13.1. The fourth-order valence-corrected chi connectivity index (χ4v) is 3.38. The molecule has 27 heavy (non-hydrogen) atoms. The zero-order valence-corrected chi connectivity index (χ0v) is 15.8. The maximum Gasteiger partial charge on any atom is 0.242 e. The molecule has 2 aromatic rings. The van der Waals surface area contributed by atoms with Gasteiger partial charge in [0, 0.05) is 38.8 Å². The number of halogens is 2. The second-order valence-electron chi connectivity index (χ2n) is 6.40. The van der Waals surface area contributed by atoms with E-state index in [1.807, 2.05) is 0 Å². The summed E-state index contributed by atoms with van der Waals surface area (Å²) in [5, 5.41) is 0.432. The van der Waals surface area contributed by atoms with Crippen LogP contribution in [0.2, 0.25) is 5.02 Å². The molecule has 0 unspecified atom stereocenters. The smallest absolute Gasteiger partial charge is 0.242 e. The van der Waals surface area contributed by atoms with E-state index in [0.29, 0.717) is 36.9 Å². The van der Waals surface area contributed by atoms with Gasteiger partial charge in [0.25, 0.3) is 0 Å². The molecule has 7 heteroatoms. The van der Waals surface area contributed by atoms with Gasteiger partial charge in [0.2, 0.25) is 11.8 Å². The lowest BCUT2D eigenvalue weighted by molar-refractivity contribution is -0.131. The third-order valence-corrected chi connectivity index (χ3v) is 4.96. The van der Waals surface area contributed by atoms with Crippen LogP contribution in [0.15, 0.2) is 48.5 Å². The number of amides is 2. The van der Waals surface area contributed by atoms with Crippen molar-refractivity contribution in [3.05, 3.63) is 59.4 Å². The van der Waals surface area contributed by atoms with Crippen molar-refractivity contribution in [3.8, 4) is 0 Å². The van der Waals surface area contributed by atoms with E-state index < -0.39 is 0 Å². The van der Waals surface area contributed by atoms with Crippen molar-refractivity contribution in [2.75, 3.05) is 42.5 Å². The Hall–Kier alpha value is -2.60. The van der Waals surface area contributed by atoms with Crippen molar-refractivity contribution < 1.29 is 14.0 Å². The maximum atomic E-state index is 13.1. The Morgan fingerprint density at radius 1 is 1.04 bits per heavy atom. The van der Waals surface area contributed by atoms with Crippen LogP contribution in [0.3, 0.4) is 0 Å². The van der Waals surface area contributed by atoms with Gasteiger partial charge >= 0.3 is 0 Å². The third-order valence-electron chi connectivity index (χ3n) is 4.64. The van der Waals surface area contributed by atoms with Crippen LogP contribution < -0.4 is 9.80 Å². The normalized spacial score (nSPS) is 14.2. The molecule has 3 rings (SSSR count). The van der Waals surface area contributed by atoms with Gasteiger partial charge in [0.15, 0.2) is 0 Å². The molecule has 1 heterocycles. The van der Waals surface area contributed by atoms with Gasteiger partial charge < -0.3 is 14.7 Å². The second kappa shape index (κ2) is 8.39. The predicted octanol–water partition coefficient (Wildman–Crippen LogP) is 3.18. The van der Waals surface area contributed by atoms with Gasteiger partial charge in [0.05, 0.1) is 10.7 Å². The largest absolute Gasteiger partial charge is 0.368 e. The van der Waals surface area contributed by atoms with Crippen LogP contribution in [0.5, 0.6) is 0 Å². The molecule has 142 valence electrons. The Bertz CT molecular complexity index is 820. The summed E-state index contributed by atoms with van der Waals surface area (Å²) in [6.07, 6.45) is 0. The molecule has 1 aliphatic rings. The minimum atomic E-state index is -0.267. The molecular formula is C20H21ClFN3O2. The van der Waals surface area contributed by atoms with E-state index in [1.165, 1.54) is 24.0 Å². The molecule has 2 amide bonds. The number of hydrogen-bond donors (Lipinski definition) is 0. The molecule has 5 nitrogen and oxygen atoms in total. The van der Waals surface area contributed by atoms with Gasteiger partial charge in [-0.25, -0.2) is 4.39 Å². The summed E-state index contributed by atoms with van der Waals surface area (Å²) in [7, 11) is 0. The van der Waals surface area contributed by atoms with Gasteiger partial charge in [-0.2, -0.15) is 0 Å². The minimum absolute atomic E-state index is 0.0460. The topological polar surface area (TPSA) is 43.9 Å². The Kier molecular flexibility index (Phi) is 5.96. The Morgan fingerprint density at radius 2 is 1.67 bits per heavy atom. The van der Waals surface area contributed by atoms with Crippen LogP contribution in [0.25, 0.3) is 0 Å². The first kappa shape index (κ1) is 19.2. The summed E-state index contributed by atoms with van der Waals surface area (Å²) in [6, 6.07) is 13.3. The highest BCUT2D eigenvalue weighted by molar-refractivity contribution is 6.33. The van der Waals surface area contributed by atoms with Crippen molar-refractivity contribution >= 4 is 34.8 Å². The second-order valence-corrected chi connectivity index (χ2v) is 6.81. The molecule has 0 saturated carbocycles. The molecule has 1 saturated heterocycles. The number of para-hydroxylation sites is 1. The van der Waals surface area contributed by atoms with Crippen LogP contribution in [0.4, 0.5) is 15.8 Å². The van der Waals surface area contributed by atoms with E-state index in [0.717, 1.165) is 5.69 Å². The standard InChI is InChI=1S/C20H21ClFN3O2/c1-15(26)25(19-5-3-2-4-18(19)21)14-20(27)24-12-10-23(11-13-24)17-8-6-16(22)7-9-17/h2-9H,10-14H2,1H3. The average Bonchev–Trinajstić information content (AvgIpc) is 2.67. The summed E-state index contributed by atoms with van der Waals surface area (Å²) >= 11 is 6.18. The molecular weight excluding hydrogens is 369 g/mol. The van der Waals surface area contributed by atoms with Crippen LogP contribution in [-0.4, -0.2) is 49.4 Å². The first-order chi connectivity index (χ1) is 13.0. The number of anilines is 2. The van der Waals surface area contributed by atoms with Crippen LogP contribution in [-0.2, 0) is 9.59 Å². The van der Waals surface area contributed by atoms with E-state index in [2.05, 4.69) is 4.90 Å². The first-order valence-corrected chi connectivity index (χ1v) is 9.14. The van der Waals surface area contributed by atoms with E-state index >= 15 is 0 Å². The number of piperazine rings is 1. The summed E-state index contributed by atoms with van der Waals surface area (Å²) in [5.41, 5.74) is 1.47. The molecule has 0 radical (unpaired) electrons. The lowest BCUT2D eigenvalue weighted by Crippen LogP contribution is -2.51. The highest BCUT2D eigenvalue weighted by Crippen LogP contribution is 2.25. The van der Waals surface area contributed by atoms with E-state index in [-0.39, 0.29) is 24.2 Å². The molecule has 1 aliphatic heterocycles. The van der Waals surface area contributed by atoms with Crippen LogP contribution in [0, 0.1) is 5.82 Å². The number of rotatable bonds is 4. The Morgan fingerprint density at radius 3 is 2.26 bits per heavy atom. The summed E-state index contributed by atoms with van der Waals surface area (Å²) in [4.78, 5) is 30.0. The van der Waals surface area contributed by atoms with Gasteiger partial charge in [-0.3, -0.25) is 9.59 Å². The molecule has 2 aromatic carbocycles. The fourth-order valence-electron chi connectivity index (χ4n) is 3.14. The van der Waals surface area contributed by atoms with Crippen LogP contribution in [0.1, 0.15) is 6.92 Å². The highest BCUT2D eigenvalue weighted by atomic mass is 35.5. The Labute approximate surface area is 162 Å². The van der Waals surface area contributed by atoms with E-state index in [1.54, 1.807) is 41.3 Å².